The summed E-state index contributed by atoms with van der Waals surface area (Å²) in [5.41, 5.74) is 5.26. The minimum atomic E-state index is -0.334. The summed E-state index contributed by atoms with van der Waals surface area (Å²) < 4.78 is 12.4. The van der Waals surface area contributed by atoms with Gasteiger partial charge in [-0.2, -0.15) is 5.10 Å². The van der Waals surface area contributed by atoms with Gasteiger partial charge in [0.25, 0.3) is 0 Å². The topological polar surface area (TPSA) is 110 Å². The molecule has 0 bridgehead atoms. The van der Waals surface area contributed by atoms with Crippen LogP contribution in [0.25, 0.3) is 5.69 Å². The van der Waals surface area contributed by atoms with E-state index in [-0.39, 0.29) is 17.5 Å². The molecule has 5 rings (SSSR count). The third-order valence-corrected chi connectivity index (χ3v) is 8.24. The number of carbonyl (C=O) groups excluding carboxylic acids is 2. The van der Waals surface area contributed by atoms with E-state index < -0.39 is 0 Å². The summed E-state index contributed by atoms with van der Waals surface area (Å²) in [5.74, 6) is 2.22. The molecular formula is C36H44N6O4. The minimum absolute atomic E-state index is 0.124. The van der Waals surface area contributed by atoms with E-state index in [0.29, 0.717) is 42.0 Å². The van der Waals surface area contributed by atoms with Crippen molar-refractivity contribution in [3.05, 3.63) is 89.6 Å². The second-order valence-electron chi connectivity index (χ2n) is 12.8. The van der Waals surface area contributed by atoms with Crippen molar-refractivity contribution in [2.75, 3.05) is 43.3 Å². The molecule has 4 amide bonds. The molecule has 0 aliphatic carbocycles. The van der Waals surface area contributed by atoms with Crippen molar-refractivity contribution in [3.8, 4) is 17.2 Å². The van der Waals surface area contributed by atoms with Gasteiger partial charge in [0, 0.05) is 42.0 Å². The minimum Gasteiger partial charge on any atom is -0.493 e. The number of nitrogens with zero attached hydrogens (tertiary/aromatic N) is 3. The maximum Gasteiger partial charge on any atom is 0.324 e. The molecule has 0 saturated carbocycles. The van der Waals surface area contributed by atoms with Crippen LogP contribution in [-0.2, 0) is 11.8 Å². The van der Waals surface area contributed by atoms with Gasteiger partial charge >= 0.3 is 12.1 Å². The molecule has 2 heterocycles. The second kappa shape index (κ2) is 14.0. The Kier molecular flexibility index (Phi) is 9.84. The van der Waals surface area contributed by atoms with Crippen LogP contribution < -0.4 is 25.4 Å². The average molecular weight is 625 g/mol. The molecule has 1 aliphatic rings. The van der Waals surface area contributed by atoms with E-state index in [1.165, 1.54) is 0 Å². The molecule has 0 radical (unpaired) electrons. The van der Waals surface area contributed by atoms with Crippen molar-refractivity contribution < 1.29 is 19.1 Å². The molecular weight excluding hydrogens is 580 g/mol. The van der Waals surface area contributed by atoms with Crippen LogP contribution in [0.2, 0.25) is 0 Å². The Morgan fingerprint density at radius 2 is 1.54 bits per heavy atom. The van der Waals surface area contributed by atoms with Gasteiger partial charge in [-0.25, -0.2) is 14.3 Å². The number of aryl methyl sites for hydroxylation is 1. The van der Waals surface area contributed by atoms with Crippen molar-refractivity contribution in [2.45, 2.75) is 52.4 Å². The fourth-order valence-electron chi connectivity index (χ4n) is 5.56. The van der Waals surface area contributed by atoms with Crippen LogP contribution in [0.4, 0.5) is 26.8 Å². The molecule has 1 saturated heterocycles. The molecule has 0 atom stereocenters. The number of anilines is 3. The number of carbonyl (C=O) groups is 2. The first-order chi connectivity index (χ1) is 22.0. The van der Waals surface area contributed by atoms with Crippen molar-refractivity contribution in [1.29, 1.82) is 0 Å². The highest BCUT2D eigenvalue weighted by Gasteiger charge is 2.24. The Labute approximate surface area is 271 Å². The molecule has 3 aromatic carbocycles. The largest absolute Gasteiger partial charge is 0.493 e. The van der Waals surface area contributed by atoms with E-state index in [1.54, 1.807) is 37.1 Å². The number of ether oxygens (including phenoxy) is 2. The van der Waals surface area contributed by atoms with Crippen LogP contribution in [0.1, 0.15) is 50.4 Å². The summed E-state index contributed by atoms with van der Waals surface area (Å²) in [6, 6.07) is 22.8. The van der Waals surface area contributed by atoms with E-state index in [0.717, 1.165) is 47.5 Å². The molecule has 3 N–H and O–H groups in total. The number of urea groups is 2. The van der Waals surface area contributed by atoms with Gasteiger partial charge in [0.2, 0.25) is 0 Å². The summed E-state index contributed by atoms with van der Waals surface area (Å²) in [4.78, 5) is 27.9. The molecule has 0 spiro atoms. The summed E-state index contributed by atoms with van der Waals surface area (Å²) in [5, 5.41) is 13.8. The maximum absolute atomic E-state index is 13.2. The molecule has 46 heavy (non-hydrogen) atoms. The summed E-state index contributed by atoms with van der Waals surface area (Å²) in [7, 11) is 3.15. The monoisotopic (exact) mass is 624 g/mol. The van der Waals surface area contributed by atoms with Crippen LogP contribution in [0, 0.1) is 12.8 Å². The number of likely N-dealkylation sites (tertiary alicyclic amines) is 1. The Bertz CT molecular complexity index is 1670. The normalized spacial score (nSPS) is 13.7. The van der Waals surface area contributed by atoms with Gasteiger partial charge in [0.15, 0.2) is 11.5 Å². The number of hydrogen-bond acceptors (Lipinski definition) is 5. The standard InChI is InChI=1S/C36H44N6O4/c1-24-10-13-29(14-11-24)42-33(23-32(40-42)36(2,3)4)39-34(43)37-27-9-7-8-26(21-27)20-25-16-18-41(19-17-25)35(44)38-28-12-15-30(45-5)31(22-28)46-6/h7-15,21-23,25H,16-20H2,1-6H3,(H,38,44)(H2,37,39,43). The molecule has 242 valence electrons. The van der Waals surface area contributed by atoms with E-state index in [2.05, 4.69) is 42.8 Å². The zero-order chi connectivity index (χ0) is 32.8. The number of methoxy groups -OCH3 is 2. The third-order valence-electron chi connectivity index (χ3n) is 8.24. The van der Waals surface area contributed by atoms with E-state index >= 15 is 0 Å². The number of hydrogen-bond donors (Lipinski definition) is 3. The van der Waals surface area contributed by atoms with Crippen molar-refractivity contribution >= 4 is 29.3 Å². The zero-order valence-electron chi connectivity index (χ0n) is 27.5. The van der Waals surface area contributed by atoms with E-state index in [1.807, 2.05) is 60.4 Å². The molecule has 10 heteroatoms. The van der Waals surface area contributed by atoms with E-state index in [9.17, 15) is 9.59 Å². The summed E-state index contributed by atoms with van der Waals surface area (Å²) in [6.07, 6.45) is 2.67. The highest BCUT2D eigenvalue weighted by molar-refractivity contribution is 5.99. The Hall–Kier alpha value is -4.99. The van der Waals surface area contributed by atoms with Gasteiger partial charge in [0.05, 0.1) is 25.6 Å². The number of rotatable bonds is 8. The van der Waals surface area contributed by atoms with Gasteiger partial charge in [-0.1, -0.05) is 50.6 Å². The number of piperidine rings is 1. The van der Waals surface area contributed by atoms with E-state index in [4.69, 9.17) is 14.6 Å². The number of aromatic nitrogens is 2. The Balaban J connectivity index is 1.16. The lowest BCUT2D eigenvalue weighted by Gasteiger charge is -2.32. The lowest BCUT2D eigenvalue weighted by Crippen LogP contribution is -2.41. The number of nitrogens with one attached hydrogen (secondary N) is 3. The van der Waals surface area contributed by atoms with Gasteiger partial charge in [-0.05, 0) is 74.1 Å². The first-order valence-electron chi connectivity index (χ1n) is 15.6. The predicted molar refractivity (Wildman–Crippen MR) is 183 cm³/mol. The van der Waals surface area contributed by atoms with Crippen LogP contribution in [0.15, 0.2) is 72.8 Å². The quantitative estimate of drug-likeness (QED) is 0.187. The van der Waals surface area contributed by atoms with Crippen molar-refractivity contribution in [2.24, 2.45) is 5.92 Å². The van der Waals surface area contributed by atoms with Gasteiger partial charge in [-0.15, -0.1) is 0 Å². The van der Waals surface area contributed by atoms with Crippen molar-refractivity contribution in [1.82, 2.24) is 14.7 Å². The number of amides is 4. The summed E-state index contributed by atoms with van der Waals surface area (Å²) >= 11 is 0. The lowest BCUT2D eigenvalue weighted by atomic mass is 9.90. The zero-order valence-corrected chi connectivity index (χ0v) is 27.5. The molecule has 10 nitrogen and oxygen atoms in total. The second-order valence-corrected chi connectivity index (χ2v) is 12.8. The fraction of sp³-hybridized carbons (Fsp3) is 0.361. The van der Waals surface area contributed by atoms with Gasteiger partial charge in [-0.3, -0.25) is 5.32 Å². The first-order valence-corrected chi connectivity index (χ1v) is 15.6. The van der Waals surface area contributed by atoms with Crippen LogP contribution in [0.5, 0.6) is 11.5 Å². The molecule has 0 unspecified atom stereocenters. The van der Waals surface area contributed by atoms with Crippen LogP contribution >= 0.6 is 0 Å². The highest BCUT2D eigenvalue weighted by atomic mass is 16.5. The highest BCUT2D eigenvalue weighted by Crippen LogP contribution is 2.31. The van der Waals surface area contributed by atoms with Gasteiger partial charge in [0.1, 0.15) is 5.82 Å². The van der Waals surface area contributed by atoms with Crippen molar-refractivity contribution in [3.63, 3.8) is 0 Å². The Morgan fingerprint density at radius 1 is 0.848 bits per heavy atom. The smallest absolute Gasteiger partial charge is 0.324 e. The fourth-order valence-corrected chi connectivity index (χ4v) is 5.56. The number of benzene rings is 3. The van der Waals surface area contributed by atoms with Crippen LogP contribution in [0.3, 0.4) is 0 Å². The molecule has 1 aromatic heterocycles. The summed E-state index contributed by atoms with van der Waals surface area (Å²) in [6.45, 7) is 9.69. The van der Waals surface area contributed by atoms with Gasteiger partial charge < -0.3 is 25.0 Å². The maximum atomic E-state index is 13.2. The molecule has 1 fully saturated rings. The van der Waals surface area contributed by atoms with Crippen LogP contribution in [-0.4, -0.2) is 54.1 Å². The Morgan fingerprint density at radius 3 is 2.22 bits per heavy atom. The lowest BCUT2D eigenvalue weighted by molar-refractivity contribution is 0.182. The SMILES string of the molecule is COc1ccc(NC(=O)N2CCC(Cc3cccc(NC(=O)Nc4cc(C(C)(C)C)nn4-c4ccc(C)cc4)c3)CC2)cc1OC. The molecule has 4 aromatic rings. The third kappa shape index (κ3) is 7.99. The average Bonchev–Trinajstić information content (AvgIpc) is 3.46. The predicted octanol–water partition coefficient (Wildman–Crippen LogP) is 7.63. The molecule has 1 aliphatic heterocycles. The first kappa shape index (κ1) is 32.4.